The number of ether oxygens (including phenoxy) is 2. The minimum absolute atomic E-state index is 0.125. The van der Waals surface area contributed by atoms with Gasteiger partial charge >= 0.3 is 0 Å². The third-order valence-electron chi connectivity index (χ3n) is 9.03. The van der Waals surface area contributed by atoms with E-state index in [-0.39, 0.29) is 36.4 Å². The highest BCUT2D eigenvalue weighted by Gasteiger charge is 2.77. The number of aliphatic hydroxyl groups excluding tert-OH is 2. The number of rotatable bonds is 2. The minimum Gasteiger partial charge on any atom is -0.393 e. The molecule has 0 spiro atoms. The Balaban J connectivity index is 1.62. The molecule has 31 heavy (non-hydrogen) atoms. The van der Waals surface area contributed by atoms with Crippen LogP contribution in [0.25, 0.3) is 0 Å². The molecule has 3 saturated carbocycles. The van der Waals surface area contributed by atoms with Crippen LogP contribution in [0.15, 0.2) is 23.8 Å². The molecular weight excluding hydrogens is 403 g/mol. The van der Waals surface area contributed by atoms with E-state index in [1.54, 1.807) is 19.9 Å². The van der Waals surface area contributed by atoms with Gasteiger partial charge in [-0.25, -0.2) is 4.39 Å². The van der Waals surface area contributed by atoms with Gasteiger partial charge in [0.15, 0.2) is 23.0 Å². The topological polar surface area (TPSA) is 93.1 Å². The number of Topliss-reactive ketones (excluding diaryl/α,β-unsaturated/α-hetero) is 1. The minimum atomic E-state index is -1.37. The van der Waals surface area contributed by atoms with Gasteiger partial charge in [-0.2, -0.15) is 0 Å². The van der Waals surface area contributed by atoms with Gasteiger partial charge < -0.3 is 19.7 Å². The summed E-state index contributed by atoms with van der Waals surface area (Å²) < 4.78 is 27.9. The van der Waals surface area contributed by atoms with E-state index in [0.29, 0.717) is 12.0 Å². The van der Waals surface area contributed by atoms with E-state index in [0.717, 1.165) is 0 Å². The van der Waals surface area contributed by atoms with E-state index < -0.39 is 53.0 Å². The van der Waals surface area contributed by atoms with Crippen LogP contribution in [-0.2, 0) is 19.1 Å². The highest BCUT2D eigenvalue weighted by Crippen LogP contribution is 2.70. The van der Waals surface area contributed by atoms with Crippen LogP contribution in [0, 0.1) is 28.6 Å². The lowest BCUT2D eigenvalue weighted by molar-refractivity contribution is -0.226. The maximum absolute atomic E-state index is 15.4. The van der Waals surface area contributed by atoms with Crippen LogP contribution >= 0.6 is 0 Å². The number of aliphatic hydroxyl groups is 2. The van der Waals surface area contributed by atoms with Gasteiger partial charge in [-0.3, -0.25) is 9.59 Å². The van der Waals surface area contributed by atoms with E-state index in [4.69, 9.17) is 9.47 Å². The highest BCUT2D eigenvalue weighted by molar-refractivity contribution is 6.01. The summed E-state index contributed by atoms with van der Waals surface area (Å²) in [7, 11) is 0. The zero-order chi connectivity index (χ0) is 22.6. The molecule has 7 heteroatoms. The van der Waals surface area contributed by atoms with Crippen molar-refractivity contribution < 1.29 is 33.7 Å². The van der Waals surface area contributed by atoms with Crippen LogP contribution in [-0.4, -0.2) is 58.2 Å². The fourth-order valence-electron chi connectivity index (χ4n) is 8.05. The Morgan fingerprint density at radius 2 is 1.97 bits per heavy atom. The molecule has 2 N–H and O–H groups in total. The zero-order valence-electron chi connectivity index (χ0n) is 18.4. The summed E-state index contributed by atoms with van der Waals surface area (Å²) in [5, 5.41) is 21.3. The monoisotopic (exact) mass is 434 g/mol. The molecule has 1 saturated heterocycles. The summed E-state index contributed by atoms with van der Waals surface area (Å²) in [4.78, 5) is 25.1. The standard InChI is InChI=1S/C24H31FO6/c1-21(2)30-19-9-14-13-8-16(25)15-7-12(27)5-6-22(15,3)20(13)17(28)10-23(14,4)24(19,31-21)18(29)11-26/h5-7,13-14,16-17,19-20,26,28H,8-11H2,1-4H3/t13-,14-,16-,17?,19+,20?,22-,23-,24+/m0/s1. The molecule has 1 aliphatic heterocycles. The summed E-state index contributed by atoms with van der Waals surface area (Å²) in [6, 6.07) is 0. The highest BCUT2D eigenvalue weighted by atomic mass is 19.1. The summed E-state index contributed by atoms with van der Waals surface area (Å²) in [5.74, 6) is -2.28. The number of carbonyl (C=O) groups is 2. The first-order valence-corrected chi connectivity index (χ1v) is 11.2. The summed E-state index contributed by atoms with van der Waals surface area (Å²) in [5.41, 5.74) is -2.50. The lowest BCUT2D eigenvalue weighted by Gasteiger charge is -2.60. The quantitative estimate of drug-likeness (QED) is 0.693. The predicted molar refractivity (Wildman–Crippen MR) is 109 cm³/mol. The van der Waals surface area contributed by atoms with Gasteiger partial charge in [0, 0.05) is 16.7 Å². The average molecular weight is 435 g/mol. The van der Waals surface area contributed by atoms with Crippen LogP contribution in [0.4, 0.5) is 4.39 Å². The number of carbonyl (C=O) groups excluding carboxylic acids is 2. The fourth-order valence-corrected chi connectivity index (χ4v) is 8.05. The Kier molecular flexibility index (Phi) is 4.38. The molecule has 2 unspecified atom stereocenters. The van der Waals surface area contributed by atoms with Crippen molar-refractivity contribution in [1.82, 2.24) is 0 Å². The molecule has 9 atom stereocenters. The molecule has 1 heterocycles. The maximum atomic E-state index is 15.4. The summed E-state index contributed by atoms with van der Waals surface area (Å²) >= 11 is 0. The zero-order valence-corrected chi connectivity index (χ0v) is 18.4. The number of hydrogen-bond acceptors (Lipinski definition) is 6. The van der Waals surface area contributed by atoms with E-state index in [1.807, 2.05) is 13.8 Å². The molecule has 0 bridgehead atoms. The van der Waals surface area contributed by atoms with Crippen LogP contribution < -0.4 is 0 Å². The summed E-state index contributed by atoms with van der Waals surface area (Å²) in [6.07, 6.45) is 2.90. The second-order valence-electron chi connectivity index (χ2n) is 11.0. The molecule has 0 aromatic carbocycles. The third kappa shape index (κ3) is 2.52. The molecule has 4 aliphatic carbocycles. The molecule has 0 radical (unpaired) electrons. The normalized spacial score (nSPS) is 52.1. The molecule has 170 valence electrons. The van der Waals surface area contributed by atoms with E-state index in [1.165, 1.54) is 12.2 Å². The average Bonchev–Trinajstić information content (AvgIpc) is 3.08. The first-order chi connectivity index (χ1) is 14.4. The van der Waals surface area contributed by atoms with Crippen molar-refractivity contribution >= 4 is 11.6 Å². The van der Waals surface area contributed by atoms with Gasteiger partial charge in [0.05, 0.1) is 12.2 Å². The van der Waals surface area contributed by atoms with Crippen LogP contribution in [0.2, 0.25) is 0 Å². The first kappa shape index (κ1) is 21.4. The second kappa shape index (κ2) is 6.34. The Morgan fingerprint density at radius 3 is 2.65 bits per heavy atom. The van der Waals surface area contributed by atoms with Crippen LogP contribution in [0.1, 0.15) is 47.0 Å². The van der Waals surface area contributed by atoms with Gasteiger partial charge in [-0.05, 0) is 62.7 Å². The largest absolute Gasteiger partial charge is 0.393 e. The van der Waals surface area contributed by atoms with Crippen LogP contribution in [0.5, 0.6) is 0 Å². The molecule has 6 nitrogen and oxygen atoms in total. The number of alkyl halides is 1. The van der Waals surface area contributed by atoms with E-state index >= 15 is 4.39 Å². The van der Waals surface area contributed by atoms with Gasteiger partial charge in [-0.1, -0.05) is 19.9 Å². The van der Waals surface area contributed by atoms with Gasteiger partial charge in [0.25, 0.3) is 0 Å². The van der Waals surface area contributed by atoms with Crippen LogP contribution in [0.3, 0.4) is 0 Å². The smallest absolute Gasteiger partial charge is 0.193 e. The Morgan fingerprint density at radius 1 is 1.26 bits per heavy atom. The molecule has 4 fully saturated rings. The number of fused-ring (bicyclic) bond motifs is 7. The fraction of sp³-hybridized carbons (Fsp3) is 0.750. The molecule has 5 rings (SSSR count). The Labute approximate surface area is 181 Å². The molecule has 0 aromatic heterocycles. The maximum Gasteiger partial charge on any atom is 0.193 e. The van der Waals surface area contributed by atoms with Crippen molar-refractivity contribution in [3.8, 4) is 0 Å². The van der Waals surface area contributed by atoms with Crippen molar-refractivity contribution in [2.45, 2.75) is 76.7 Å². The van der Waals surface area contributed by atoms with Gasteiger partial charge in [0.2, 0.25) is 0 Å². The first-order valence-electron chi connectivity index (χ1n) is 11.2. The number of ketones is 2. The number of allylic oxidation sites excluding steroid dienone is 4. The van der Waals surface area contributed by atoms with Gasteiger partial charge in [-0.15, -0.1) is 0 Å². The number of halogens is 1. The van der Waals surface area contributed by atoms with Gasteiger partial charge in [0.1, 0.15) is 12.8 Å². The second-order valence-corrected chi connectivity index (χ2v) is 11.0. The molecule has 0 amide bonds. The van der Waals surface area contributed by atoms with E-state index in [2.05, 4.69) is 0 Å². The third-order valence-corrected chi connectivity index (χ3v) is 9.03. The lowest BCUT2D eigenvalue weighted by Crippen LogP contribution is -2.64. The SMILES string of the molecule is CC1(C)O[C@@H]2C[C@H]3[C@@H]4C[C@H](F)C5=CC(=O)C=C[C@]5(C)C4C(O)C[C@]3(C)[C@]2(C(=O)CO)O1. The van der Waals surface area contributed by atoms with Crippen molar-refractivity contribution in [1.29, 1.82) is 0 Å². The van der Waals surface area contributed by atoms with Crippen molar-refractivity contribution in [3.63, 3.8) is 0 Å². The Bertz CT molecular complexity index is 910. The summed E-state index contributed by atoms with van der Waals surface area (Å²) in [6.45, 7) is 6.65. The van der Waals surface area contributed by atoms with Crippen molar-refractivity contribution in [3.05, 3.63) is 23.8 Å². The van der Waals surface area contributed by atoms with Crippen molar-refractivity contribution in [2.75, 3.05) is 6.61 Å². The lowest BCUT2D eigenvalue weighted by atomic mass is 9.46. The number of hydrogen-bond donors (Lipinski definition) is 2. The van der Waals surface area contributed by atoms with Crippen molar-refractivity contribution in [2.24, 2.45) is 28.6 Å². The predicted octanol–water partition coefficient (Wildman–Crippen LogP) is 2.27. The molecule has 0 aromatic rings. The van der Waals surface area contributed by atoms with E-state index in [9.17, 15) is 19.8 Å². The Hall–Kier alpha value is -1.41. The molecule has 5 aliphatic rings. The molecular formula is C24H31FO6.